The fourth-order valence-electron chi connectivity index (χ4n) is 3.53. The fraction of sp³-hybridized carbons (Fsp3) is 0.800. The maximum Gasteiger partial charge on any atom is 0.405 e. The molecule has 0 bridgehead atoms. The minimum atomic E-state index is -1.27. The van der Waals surface area contributed by atoms with Crippen LogP contribution < -0.4 is 10.6 Å². The average Bonchev–Trinajstić information content (AvgIpc) is 2.70. The Morgan fingerprint density at radius 1 is 1.21 bits per heavy atom. The second kappa shape index (κ2) is 13.9. The topological polar surface area (TPSA) is 125 Å². The number of amides is 3. The third kappa shape index (κ3) is 10.3. The van der Waals surface area contributed by atoms with Crippen LogP contribution in [0.25, 0.3) is 0 Å². The van der Waals surface area contributed by atoms with Crippen molar-refractivity contribution in [3.05, 3.63) is 0 Å². The molecule has 9 nitrogen and oxygen atoms in total. The number of aldehydes is 1. The summed E-state index contributed by atoms with van der Waals surface area (Å²) in [7, 11) is 1.66. The Hall–Kier alpha value is -2.16. The number of carboxylic acid groups (broad SMARTS) is 1. The van der Waals surface area contributed by atoms with Gasteiger partial charge in [0.1, 0.15) is 12.3 Å². The van der Waals surface area contributed by atoms with Crippen LogP contribution in [0, 0.1) is 5.92 Å². The van der Waals surface area contributed by atoms with Gasteiger partial charge in [-0.15, -0.1) is 0 Å². The van der Waals surface area contributed by atoms with Crippen LogP contribution in [-0.4, -0.2) is 73.1 Å². The van der Waals surface area contributed by atoms with Crippen LogP contribution in [0.1, 0.15) is 58.3 Å². The minimum absolute atomic E-state index is 0.103. The predicted molar refractivity (Wildman–Crippen MR) is 107 cm³/mol. The summed E-state index contributed by atoms with van der Waals surface area (Å²) >= 11 is 0. The molecule has 2 atom stereocenters. The number of ether oxygens (including phenoxy) is 1. The summed E-state index contributed by atoms with van der Waals surface area (Å²) in [6, 6.07) is -1.74. The number of nitrogens with zero attached hydrogens (tertiary/aromatic N) is 1. The molecule has 0 aromatic rings. The highest BCUT2D eigenvalue weighted by Gasteiger charge is 2.27. The zero-order valence-corrected chi connectivity index (χ0v) is 17.5. The quantitative estimate of drug-likeness (QED) is 0.311. The van der Waals surface area contributed by atoms with Crippen LogP contribution in [0.3, 0.4) is 0 Å². The lowest BCUT2D eigenvalue weighted by Crippen LogP contribution is -2.50. The number of rotatable bonds is 13. The lowest BCUT2D eigenvalue weighted by Gasteiger charge is -2.26. The van der Waals surface area contributed by atoms with Gasteiger partial charge < -0.3 is 30.2 Å². The first-order valence-electron chi connectivity index (χ1n) is 10.4. The highest BCUT2D eigenvalue weighted by Crippen LogP contribution is 2.27. The Kier molecular flexibility index (Phi) is 11.9. The Morgan fingerprint density at radius 2 is 1.90 bits per heavy atom. The molecule has 3 N–H and O–H groups in total. The van der Waals surface area contributed by atoms with Gasteiger partial charge in [0.15, 0.2) is 0 Å². The van der Waals surface area contributed by atoms with Gasteiger partial charge in [0.2, 0.25) is 11.8 Å². The van der Waals surface area contributed by atoms with Crippen LogP contribution in [0.4, 0.5) is 4.79 Å². The van der Waals surface area contributed by atoms with Gasteiger partial charge in [-0.2, -0.15) is 0 Å². The summed E-state index contributed by atoms with van der Waals surface area (Å²) in [5.74, 6) is -0.373. The molecule has 3 amide bonds. The highest BCUT2D eigenvalue weighted by atomic mass is 16.5. The Morgan fingerprint density at radius 3 is 2.48 bits per heavy atom. The lowest BCUT2D eigenvalue weighted by atomic mass is 9.84. The third-order valence-electron chi connectivity index (χ3n) is 5.27. The van der Waals surface area contributed by atoms with Crippen molar-refractivity contribution >= 4 is 24.2 Å². The number of hydrogen-bond donors (Lipinski definition) is 3. The van der Waals surface area contributed by atoms with E-state index in [4.69, 9.17) is 9.84 Å². The molecule has 0 unspecified atom stereocenters. The van der Waals surface area contributed by atoms with Gasteiger partial charge in [0, 0.05) is 26.6 Å². The van der Waals surface area contributed by atoms with Gasteiger partial charge >= 0.3 is 6.09 Å². The van der Waals surface area contributed by atoms with Crippen molar-refractivity contribution < 1.29 is 29.0 Å². The molecule has 1 fully saturated rings. The van der Waals surface area contributed by atoms with Gasteiger partial charge in [-0.05, 0) is 25.7 Å². The largest absolute Gasteiger partial charge is 0.465 e. The van der Waals surface area contributed by atoms with Crippen molar-refractivity contribution in [3.8, 4) is 0 Å². The average molecular weight is 414 g/mol. The van der Waals surface area contributed by atoms with Crippen LogP contribution in [-0.2, 0) is 19.1 Å². The summed E-state index contributed by atoms with van der Waals surface area (Å²) in [5, 5.41) is 13.9. The van der Waals surface area contributed by atoms with Gasteiger partial charge in [0.25, 0.3) is 0 Å². The molecule has 0 heterocycles. The summed E-state index contributed by atoms with van der Waals surface area (Å²) < 4.78 is 5.21. The SMILES string of the molecule is CCOCCN(C)C(=O)CC[C@@H](C=O)NC(=O)[C@H](CC1CCCCC1)NC(=O)O. The van der Waals surface area contributed by atoms with Gasteiger partial charge in [-0.1, -0.05) is 32.1 Å². The monoisotopic (exact) mass is 413 g/mol. The zero-order valence-electron chi connectivity index (χ0n) is 17.5. The van der Waals surface area contributed by atoms with Gasteiger partial charge in [0.05, 0.1) is 12.6 Å². The molecule has 29 heavy (non-hydrogen) atoms. The van der Waals surface area contributed by atoms with Crippen molar-refractivity contribution in [1.82, 2.24) is 15.5 Å². The summed E-state index contributed by atoms with van der Waals surface area (Å²) in [5.41, 5.74) is 0. The molecule has 0 spiro atoms. The molecular weight excluding hydrogens is 378 g/mol. The van der Waals surface area contributed by atoms with Crippen LogP contribution >= 0.6 is 0 Å². The second-order valence-electron chi connectivity index (χ2n) is 7.54. The molecule has 0 radical (unpaired) electrons. The lowest BCUT2D eigenvalue weighted by molar-refractivity contribution is -0.131. The Labute approximate surface area is 172 Å². The second-order valence-corrected chi connectivity index (χ2v) is 7.54. The zero-order chi connectivity index (χ0) is 21.6. The van der Waals surface area contributed by atoms with Gasteiger partial charge in [-0.3, -0.25) is 9.59 Å². The first-order valence-corrected chi connectivity index (χ1v) is 10.4. The van der Waals surface area contributed by atoms with Crippen molar-refractivity contribution in [2.45, 2.75) is 70.4 Å². The van der Waals surface area contributed by atoms with Crippen molar-refractivity contribution in [3.63, 3.8) is 0 Å². The molecule has 9 heteroatoms. The number of nitrogens with one attached hydrogen (secondary N) is 2. The van der Waals surface area contributed by atoms with Crippen LogP contribution in [0.5, 0.6) is 0 Å². The van der Waals surface area contributed by atoms with E-state index in [0.29, 0.717) is 38.4 Å². The molecule has 1 rings (SSSR count). The molecule has 0 aromatic heterocycles. The number of carbonyl (C=O) groups is 4. The van der Waals surface area contributed by atoms with Crippen molar-refractivity contribution in [2.24, 2.45) is 5.92 Å². The van der Waals surface area contributed by atoms with Crippen molar-refractivity contribution in [2.75, 3.05) is 26.8 Å². The minimum Gasteiger partial charge on any atom is -0.465 e. The standard InChI is InChI=1S/C20H35N3O6/c1-3-29-12-11-23(2)18(25)10-9-16(14-24)21-19(26)17(22-20(27)28)13-15-7-5-4-6-8-15/h14-17,22H,3-13H2,1-2H3,(H,21,26)(H,27,28)/t16-,17-/m0/s1. The molecular formula is C20H35N3O6. The Balaban J connectivity index is 2.52. The smallest absolute Gasteiger partial charge is 0.405 e. The maximum atomic E-state index is 12.6. The highest BCUT2D eigenvalue weighted by molar-refractivity contribution is 5.87. The Bertz CT molecular complexity index is 536. The normalized spacial score (nSPS) is 16.5. The van der Waals surface area contributed by atoms with E-state index in [1.165, 1.54) is 11.3 Å². The predicted octanol–water partition coefficient (Wildman–Crippen LogP) is 1.55. The van der Waals surface area contributed by atoms with E-state index < -0.39 is 24.1 Å². The molecule has 1 aliphatic rings. The van der Waals surface area contributed by atoms with Crippen LogP contribution in [0.15, 0.2) is 0 Å². The van der Waals surface area contributed by atoms with E-state index in [9.17, 15) is 19.2 Å². The number of carbonyl (C=O) groups excluding carboxylic acids is 3. The molecule has 0 saturated heterocycles. The first kappa shape index (κ1) is 24.9. The molecule has 1 saturated carbocycles. The number of likely N-dealkylation sites (N-methyl/N-ethyl adjacent to an activating group) is 1. The van der Waals surface area contributed by atoms with E-state index in [1.807, 2.05) is 6.92 Å². The van der Waals surface area contributed by atoms with E-state index in [0.717, 1.165) is 25.7 Å². The molecule has 0 aromatic carbocycles. The van der Waals surface area contributed by atoms with E-state index in [2.05, 4.69) is 10.6 Å². The summed E-state index contributed by atoms with van der Waals surface area (Å²) in [6.45, 7) is 3.35. The maximum absolute atomic E-state index is 12.6. The van der Waals surface area contributed by atoms with E-state index >= 15 is 0 Å². The molecule has 1 aliphatic carbocycles. The number of hydrogen-bond acceptors (Lipinski definition) is 5. The van der Waals surface area contributed by atoms with Gasteiger partial charge in [-0.25, -0.2) is 4.79 Å². The molecule has 166 valence electrons. The van der Waals surface area contributed by atoms with Crippen molar-refractivity contribution in [1.29, 1.82) is 0 Å². The van der Waals surface area contributed by atoms with E-state index in [1.54, 1.807) is 7.05 Å². The fourth-order valence-corrected chi connectivity index (χ4v) is 3.53. The summed E-state index contributed by atoms with van der Waals surface area (Å²) in [4.78, 5) is 48.7. The van der Waals surface area contributed by atoms with Crippen LogP contribution in [0.2, 0.25) is 0 Å². The third-order valence-corrected chi connectivity index (χ3v) is 5.27. The first-order chi connectivity index (χ1) is 13.9. The van der Waals surface area contributed by atoms with E-state index in [-0.39, 0.29) is 18.7 Å². The summed E-state index contributed by atoms with van der Waals surface area (Å²) in [6.07, 6.45) is 5.30. The molecule has 0 aliphatic heterocycles.